The molecule has 0 saturated carbocycles. The van der Waals surface area contributed by atoms with E-state index in [0.29, 0.717) is 6.54 Å². The van der Waals surface area contributed by atoms with Crippen molar-refractivity contribution in [3.8, 4) is 11.1 Å². The zero-order valence-electron chi connectivity index (χ0n) is 7.63. The van der Waals surface area contributed by atoms with Crippen molar-refractivity contribution >= 4 is 15.9 Å². The third kappa shape index (κ3) is 1.89. The summed E-state index contributed by atoms with van der Waals surface area (Å²) in [4.78, 5) is 3.13. The van der Waals surface area contributed by atoms with Gasteiger partial charge in [-0.1, -0.05) is 28.1 Å². The van der Waals surface area contributed by atoms with E-state index in [2.05, 4.69) is 39.1 Å². The van der Waals surface area contributed by atoms with Crippen molar-refractivity contribution in [2.24, 2.45) is 5.73 Å². The van der Waals surface area contributed by atoms with Crippen molar-refractivity contribution in [2.45, 2.75) is 6.54 Å². The summed E-state index contributed by atoms with van der Waals surface area (Å²) in [5.41, 5.74) is 8.95. The Hall–Kier alpha value is -1.06. The Kier molecular flexibility index (Phi) is 2.70. The molecule has 0 atom stereocenters. The van der Waals surface area contributed by atoms with Gasteiger partial charge in [-0.25, -0.2) is 0 Å². The number of hydrogen-bond donors (Lipinski definition) is 2. The van der Waals surface area contributed by atoms with Gasteiger partial charge in [-0.05, 0) is 29.3 Å². The van der Waals surface area contributed by atoms with Crippen LogP contribution in [0.25, 0.3) is 11.1 Å². The molecule has 3 heteroatoms. The Balaban J connectivity index is 2.39. The zero-order valence-corrected chi connectivity index (χ0v) is 9.21. The first kappa shape index (κ1) is 9.49. The van der Waals surface area contributed by atoms with Crippen LogP contribution in [0.4, 0.5) is 0 Å². The molecule has 0 bridgehead atoms. The molecule has 0 spiro atoms. The molecular weight excluding hydrogens is 240 g/mol. The van der Waals surface area contributed by atoms with E-state index in [9.17, 15) is 0 Å². The van der Waals surface area contributed by atoms with Crippen LogP contribution in [0.3, 0.4) is 0 Å². The van der Waals surface area contributed by atoms with Crippen molar-refractivity contribution in [1.29, 1.82) is 0 Å². The molecule has 0 radical (unpaired) electrons. The summed E-state index contributed by atoms with van der Waals surface area (Å²) in [6.45, 7) is 0.550. The third-order valence-electron chi connectivity index (χ3n) is 2.12. The molecular formula is C11H11BrN2. The van der Waals surface area contributed by atoms with E-state index in [0.717, 1.165) is 10.2 Å². The normalized spacial score (nSPS) is 10.4. The summed E-state index contributed by atoms with van der Waals surface area (Å²) in [5.74, 6) is 0. The molecule has 0 aliphatic rings. The third-order valence-corrected chi connectivity index (χ3v) is 2.61. The van der Waals surface area contributed by atoms with Crippen molar-refractivity contribution in [2.75, 3.05) is 0 Å². The fourth-order valence-corrected chi connectivity index (χ4v) is 1.79. The summed E-state index contributed by atoms with van der Waals surface area (Å²) >= 11 is 3.45. The second-order valence-electron chi connectivity index (χ2n) is 3.13. The summed E-state index contributed by atoms with van der Waals surface area (Å²) in [6, 6.07) is 10.3. The van der Waals surface area contributed by atoms with Gasteiger partial charge in [-0.15, -0.1) is 0 Å². The summed E-state index contributed by atoms with van der Waals surface area (Å²) in [7, 11) is 0. The number of H-pyrrole nitrogens is 1. The van der Waals surface area contributed by atoms with Crippen LogP contribution in [0.1, 0.15) is 5.69 Å². The molecule has 14 heavy (non-hydrogen) atoms. The van der Waals surface area contributed by atoms with E-state index in [-0.39, 0.29) is 0 Å². The average Bonchev–Trinajstić information content (AvgIpc) is 2.66. The van der Waals surface area contributed by atoms with E-state index in [1.54, 1.807) is 0 Å². The van der Waals surface area contributed by atoms with Crippen molar-refractivity contribution in [3.63, 3.8) is 0 Å². The van der Waals surface area contributed by atoms with Crippen molar-refractivity contribution in [1.82, 2.24) is 4.98 Å². The number of aromatic amines is 1. The van der Waals surface area contributed by atoms with Crippen LogP contribution >= 0.6 is 15.9 Å². The topological polar surface area (TPSA) is 41.8 Å². The SMILES string of the molecule is NCc1cc(-c2cccc(Br)c2)c[nH]1. The standard InChI is InChI=1S/C11H11BrN2/c12-10-3-1-2-8(4-10)9-5-11(6-13)14-7-9/h1-5,7,14H,6,13H2. The molecule has 2 aromatic rings. The highest BCUT2D eigenvalue weighted by Crippen LogP contribution is 2.23. The highest BCUT2D eigenvalue weighted by molar-refractivity contribution is 9.10. The highest BCUT2D eigenvalue weighted by atomic mass is 79.9. The molecule has 1 aromatic carbocycles. The minimum Gasteiger partial charge on any atom is -0.363 e. The summed E-state index contributed by atoms with van der Waals surface area (Å²) in [5, 5.41) is 0. The van der Waals surface area contributed by atoms with Crippen LogP contribution in [0, 0.1) is 0 Å². The summed E-state index contributed by atoms with van der Waals surface area (Å²) < 4.78 is 1.09. The van der Waals surface area contributed by atoms with E-state index < -0.39 is 0 Å². The first-order chi connectivity index (χ1) is 6.79. The fraction of sp³-hybridized carbons (Fsp3) is 0.0909. The number of nitrogens with two attached hydrogens (primary N) is 1. The van der Waals surface area contributed by atoms with Gasteiger partial charge in [0.15, 0.2) is 0 Å². The van der Waals surface area contributed by atoms with Gasteiger partial charge in [0.05, 0.1) is 0 Å². The number of nitrogens with one attached hydrogen (secondary N) is 1. The molecule has 0 unspecified atom stereocenters. The fourth-order valence-electron chi connectivity index (χ4n) is 1.39. The van der Waals surface area contributed by atoms with Gasteiger partial charge in [0.2, 0.25) is 0 Å². The first-order valence-electron chi connectivity index (χ1n) is 4.43. The minimum atomic E-state index is 0.550. The number of aromatic nitrogens is 1. The molecule has 1 aromatic heterocycles. The maximum atomic E-state index is 5.53. The Morgan fingerprint density at radius 1 is 1.21 bits per heavy atom. The number of hydrogen-bond acceptors (Lipinski definition) is 1. The minimum absolute atomic E-state index is 0.550. The smallest absolute Gasteiger partial charge is 0.0332 e. The molecule has 0 aliphatic carbocycles. The number of benzene rings is 1. The van der Waals surface area contributed by atoms with Crippen LogP contribution in [-0.2, 0) is 6.54 Å². The first-order valence-corrected chi connectivity index (χ1v) is 5.22. The molecule has 2 nitrogen and oxygen atoms in total. The lowest BCUT2D eigenvalue weighted by Gasteiger charge is -1.97. The lowest BCUT2D eigenvalue weighted by molar-refractivity contribution is 1.01. The molecule has 0 saturated heterocycles. The zero-order chi connectivity index (χ0) is 9.97. The lowest BCUT2D eigenvalue weighted by atomic mass is 10.1. The second kappa shape index (κ2) is 3.98. The largest absolute Gasteiger partial charge is 0.363 e. The van der Waals surface area contributed by atoms with Crippen LogP contribution in [0.2, 0.25) is 0 Å². The Labute approximate surface area is 91.3 Å². The van der Waals surface area contributed by atoms with E-state index in [1.165, 1.54) is 11.1 Å². The molecule has 2 rings (SSSR count). The molecule has 3 N–H and O–H groups in total. The lowest BCUT2D eigenvalue weighted by Crippen LogP contribution is -1.94. The Morgan fingerprint density at radius 2 is 2.07 bits per heavy atom. The average molecular weight is 251 g/mol. The van der Waals surface area contributed by atoms with E-state index >= 15 is 0 Å². The number of halogens is 1. The van der Waals surface area contributed by atoms with Gasteiger partial charge in [0.25, 0.3) is 0 Å². The Morgan fingerprint density at radius 3 is 2.71 bits per heavy atom. The van der Waals surface area contributed by atoms with E-state index in [1.807, 2.05) is 18.3 Å². The maximum Gasteiger partial charge on any atom is 0.0332 e. The quantitative estimate of drug-likeness (QED) is 0.846. The van der Waals surface area contributed by atoms with Crippen LogP contribution in [0.5, 0.6) is 0 Å². The number of rotatable bonds is 2. The molecule has 72 valence electrons. The molecule has 0 fully saturated rings. The van der Waals surface area contributed by atoms with Gasteiger partial charge >= 0.3 is 0 Å². The highest BCUT2D eigenvalue weighted by Gasteiger charge is 2.00. The van der Waals surface area contributed by atoms with Gasteiger partial charge < -0.3 is 10.7 Å². The van der Waals surface area contributed by atoms with Gasteiger partial charge in [0, 0.05) is 22.9 Å². The van der Waals surface area contributed by atoms with Crippen molar-refractivity contribution < 1.29 is 0 Å². The second-order valence-corrected chi connectivity index (χ2v) is 4.04. The van der Waals surface area contributed by atoms with Crippen molar-refractivity contribution in [3.05, 3.63) is 46.7 Å². The van der Waals surface area contributed by atoms with E-state index in [4.69, 9.17) is 5.73 Å². The predicted octanol–water partition coefficient (Wildman–Crippen LogP) is 2.90. The van der Waals surface area contributed by atoms with Gasteiger partial charge in [-0.3, -0.25) is 0 Å². The molecule has 0 aliphatic heterocycles. The van der Waals surface area contributed by atoms with Gasteiger partial charge in [-0.2, -0.15) is 0 Å². The molecule has 0 amide bonds. The summed E-state index contributed by atoms with van der Waals surface area (Å²) in [6.07, 6.45) is 1.98. The van der Waals surface area contributed by atoms with Crippen LogP contribution < -0.4 is 5.73 Å². The maximum absolute atomic E-state index is 5.53. The Bertz CT molecular complexity index is 434. The van der Waals surface area contributed by atoms with Crippen LogP contribution in [0.15, 0.2) is 41.0 Å². The van der Waals surface area contributed by atoms with Gasteiger partial charge in [0.1, 0.15) is 0 Å². The van der Waals surface area contributed by atoms with Crippen LogP contribution in [-0.4, -0.2) is 4.98 Å². The molecule has 1 heterocycles. The monoisotopic (exact) mass is 250 g/mol. The predicted molar refractivity (Wildman–Crippen MR) is 61.8 cm³/mol.